The van der Waals surface area contributed by atoms with E-state index in [2.05, 4.69) is 4.98 Å². The van der Waals surface area contributed by atoms with Gasteiger partial charge in [0.15, 0.2) is 6.10 Å². The second-order valence-corrected chi connectivity index (χ2v) is 5.73. The lowest BCUT2D eigenvalue weighted by Crippen LogP contribution is -2.12. The molecule has 3 rings (SSSR count). The third-order valence-electron chi connectivity index (χ3n) is 3.75. The van der Waals surface area contributed by atoms with Crippen molar-refractivity contribution in [3.63, 3.8) is 0 Å². The lowest BCUT2D eigenvalue weighted by atomic mass is 10.1. The summed E-state index contributed by atoms with van der Waals surface area (Å²) in [6.07, 6.45) is 4.38. The molecule has 0 aliphatic heterocycles. The number of hydrogen-bond acceptors (Lipinski definition) is 3. The molecule has 0 N–H and O–H groups in total. The predicted molar refractivity (Wildman–Crippen MR) is 98.8 cm³/mol. The SMILES string of the molecule is Cc1cccc(/C=C/C(=O)OC(c2ccccc2)c2ccccn2)c1. The van der Waals surface area contributed by atoms with Crippen LogP contribution in [-0.4, -0.2) is 11.0 Å². The van der Waals surface area contributed by atoms with E-state index in [-0.39, 0.29) is 0 Å². The van der Waals surface area contributed by atoms with Gasteiger partial charge < -0.3 is 4.74 Å². The molecule has 0 saturated heterocycles. The number of aryl methyl sites for hydroxylation is 1. The van der Waals surface area contributed by atoms with Crippen molar-refractivity contribution in [2.75, 3.05) is 0 Å². The Balaban J connectivity index is 1.79. The van der Waals surface area contributed by atoms with Crippen molar-refractivity contribution in [3.05, 3.63) is 107 Å². The molecule has 3 heteroatoms. The first-order valence-corrected chi connectivity index (χ1v) is 8.13. The molecule has 0 spiro atoms. The average Bonchev–Trinajstić information content (AvgIpc) is 2.66. The van der Waals surface area contributed by atoms with Gasteiger partial charge in [0, 0.05) is 12.3 Å². The summed E-state index contributed by atoms with van der Waals surface area (Å²) in [4.78, 5) is 16.7. The number of aromatic nitrogens is 1. The van der Waals surface area contributed by atoms with E-state index in [1.54, 1.807) is 12.3 Å². The Kier molecular flexibility index (Phi) is 5.37. The standard InChI is InChI=1S/C22H19NO2/c1-17-8-7-9-18(16-17)13-14-21(24)25-22(19-10-3-2-4-11-19)20-12-5-6-15-23-20/h2-16,22H,1H3/b14-13+. The van der Waals surface area contributed by atoms with Crippen molar-refractivity contribution in [3.8, 4) is 0 Å². The van der Waals surface area contributed by atoms with Gasteiger partial charge in [-0.25, -0.2) is 4.79 Å². The topological polar surface area (TPSA) is 39.2 Å². The van der Waals surface area contributed by atoms with E-state index in [1.807, 2.05) is 79.7 Å². The highest BCUT2D eigenvalue weighted by molar-refractivity contribution is 5.87. The molecule has 1 atom stereocenters. The van der Waals surface area contributed by atoms with Gasteiger partial charge in [0.2, 0.25) is 0 Å². The smallest absolute Gasteiger partial charge is 0.331 e. The second-order valence-electron chi connectivity index (χ2n) is 5.73. The quantitative estimate of drug-likeness (QED) is 0.501. The number of carbonyl (C=O) groups excluding carboxylic acids is 1. The van der Waals surface area contributed by atoms with Gasteiger partial charge in [0.05, 0.1) is 5.69 Å². The van der Waals surface area contributed by atoms with Gasteiger partial charge in [0.25, 0.3) is 0 Å². The second kappa shape index (κ2) is 8.06. The van der Waals surface area contributed by atoms with Gasteiger partial charge in [-0.3, -0.25) is 4.98 Å². The van der Waals surface area contributed by atoms with Crippen LogP contribution in [0.5, 0.6) is 0 Å². The van der Waals surface area contributed by atoms with Gasteiger partial charge in [-0.2, -0.15) is 0 Å². The first kappa shape index (κ1) is 16.7. The van der Waals surface area contributed by atoms with Gasteiger partial charge in [-0.05, 0) is 36.3 Å². The first-order chi connectivity index (χ1) is 12.2. The minimum absolute atomic E-state index is 0.402. The highest BCUT2D eigenvalue weighted by atomic mass is 16.5. The van der Waals surface area contributed by atoms with Crippen molar-refractivity contribution in [2.45, 2.75) is 13.0 Å². The average molecular weight is 329 g/mol. The van der Waals surface area contributed by atoms with E-state index < -0.39 is 12.1 Å². The van der Waals surface area contributed by atoms with Crippen LogP contribution in [0.1, 0.15) is 28.5 Å². The first-order valence-electron chi connectivity index (χ1n) is 8.13. The molecule has 0 fully saturated rings. The molecule has 0 radical (unpaired) electrons. The van der Waals surface area contributed by atoms with Gasteiger partial charge in [-0.1, -0.05) is 66.2 Å². The monoisotopic (exact) mass is 329 g/mol. The Labute approximate surface area is 147 Å². The summed E-state index contributed by atoms with van der Waals surface area (Å²) in [5.41, 5.74) is 3.70. The lowest BCUT2D eigenvalue weighted by Gasteiger charge is -2.16. The van der Waals surface area contributed by atoms with E-state index in [0.29, 0.717) is 5.69 Å². The molecule has 1 unspecified atom stereocenters. The van der Waals surface area contributed by atoms with Crippen molar-refractivity contribution >= 4 is 12.0 Å². The minimum Gasteiger partial charge on any atom is -0.448 e. The molecule has 0 amide bonds. The predicted octanol–water partition coefficient (Wildman–Crippen LogP) is 4.74. The molecule has 0 bridgehead atoms. The Bertz CT molecular complexity index is 818. The van der Waals surface area contributed by atoms with Crippen LogP contribution in [0.4, 0.5) is 0 Å². The van der Waals surface area contributed by atoms with E-state index in [4.69, 9.17) is 4.74 Å². The maximum Gasteiger partial charge on any atom is 0.331 e. The number of benzene rings is 2. The molecule has 1 heterocycles. The summed E-state index contributed by atoms with van der Waals surface area (Å²) in [6.45, 7) is 2.02. The molecule has 124 valence electrons. The Morgan fingerprint density at radius 1 is 1.00 bits per heavy atom. The van der Waals surface area contributed by atoms with Crippen LogP contribution >= 0.6 is 0 Å². The summed E-state index contributed by atoms with van der Waals surface area (Å²) in [6, 6.07) is 23.1. The lowest BCUT2D eigenvalue weighted by molar-refractivity contribution is -0.141. The number of pyridine rings is 1. The third kappa shape index (κ3) is 4.64. The highest BCUT2D eigenvalue weighted by Gasteiger charge is 2.18. The number of nitrogens with zero attached hydrogens (tertiary/aromatic N) is 1. The fourth-order valence-electron chi connectivity index (χ4n) is 2.55. The summed E-state index contributed by atoms with van der Waals surface area (Å²) in [7, 11) is 0. The molecule has 2 aromatic carbocycles. The van der Waals surface area contributed by atoms with Crippen LogP contribution in [0, 0.1) is 6.92 Å². The molecule has 1 aromatic heterocycles. The molecule has 3 aromatic rings. The van der Waals surface area contributed by atoms with Crippen molar-refractivity contribution < 1.29 is 9.53 Å². The van der Waals surface area contributed by atoms with Crippen molar-refractivity contribution in [2.24, 2.45) is 0 Å². The summed E-state index contributed by atoms with van der Waals surface area (Å²) in [5, 5.41) is 0. The molecule has 0 aliphatic rings. The van der Waals surface area contributed by atoms with E-state index in [0.717, 1.165) is 16.7 Å². The van der Waals surface area contributed by atoms with Gasteiger partial charge >= 0.3 is 5.97 Å². The van der Waals surface area contributed by atoms with E-state index in [1.165, 1.54) is 6.08 Å². The normalized spacial score (nSPS) is 12.0. The zero-order valence-corrected chi connectivity index (χ0v) is 14.0. The fourth-order valence-corrected chi connectivity index (χ4v) is 2.55. The largest absolute Gasteiger partial charge is 0.448 e. The maximum absolute atomic E-state index is 12.3. The zero-order valence-electron chi connectivity index (χ0n) is 14.0. The van der Waals surface area contributed by atoms with Crippen LogP contribution in [0.15, 0.2) is 85.1 Å². The van der Waals surface area contributed by atoms with Crippen LogP contribution in [0.2, 0.25) is 0 Å². The zero-order chi connectivity index (χ0) is 17.5. The number of esters is 1. The molecule has 0 aliphatic carbocycles. The van der Waals surface area contributed by atoms with Crippen molar-refractivity contribution in [1.82, 2.24) is 4.98 Å². The van der Waals surface area contributed by atoms with Gasteiger partial charge in [0.1, 0.15) is 0 Å². The van der Waals surface area contributed by atoms with Crippen LogP contribution in [-0.2, 0) is 9.53 Å². The Morgan fingerprint density at radius 3 is 2.52 bits per heavy atom. The molecular formula is C22H19NO2. The maximum atomic E-state index is 12.3. The van der Waals surface area contributed by atoms with Gasteiger partial charge in [-0.15, -0.1) is 0 Å². The molecule has 25 heavy (non-hydrogen) atoms. The number of hydrogen-bond donors (Lipinski definition) is 0. The van der Waals surface area contributed by atoms with E-state index in [9.17, 15) is 4.79 Å². The van der Waals surface area contributed by atoms with Crippen molar-refractivity contribution in [1.29, 1.82) is 0 Å². The minimum atomic E-state index is -0.531. The third-order valence-corrected chi connectivity index (χ3v) is 3.75. The Morgan fingerprint density at radius 2 is 1.80 bits per heavy atom. The number of carbonyl (C=O) groups is 1. The fraction of sp³-hybridized carbons (Fsp3) is 0.0909. The number of ether oxygens (including phenoxy) is 1. The van der Waals surface area contributed by atoms with Crippen LogP contribution in [0.3, 0.4) is 0 Å². The molecule has 0 saturated carbocycles. The van der Waals surface area contributed by atoms with Crippen LogP contribution < -0.4 is 0 Å². The molecule has 3 nitrogen and oxygen atoms in total. The molecular weight excluding hydrogens is 310 g/mol. The summed E-state index contributed by atoms with van der Waals surface area (Å²) in [5.74, 6) is -0.402. The summed E-state index contributed by atoms with van der Waals surface area (Å²) >= 11 is 0. The van der Waals surface area contributed by atoms with Crippen LogP contribution in [0.25, 0.3) is 6.08 Å². The van der Waals surface area contributed by atoms with E-state index >= 15 is 0 Å². The summed E-state index contributed by atoms with van der Waals surface area (Å²) < 4.78 is 5.69. The number of rotatable bonds is 5. The highest BCUT2D eigenvalue weighted by Crippen LogP contribution is 2.24. The Hall–Kier alpha value is -3.20.